The highest BCUT2D eigenvalue weighted by Crippen LogP contribution is 2.46. The predicted octanol–water partition coefficient (Wildman–Crippen LogP) is 1.75. The van der Waals surface area contributed by atoms with Crippen molar-refractivity contribution >= 4 is 5.97 Å². The lowest BCUT2D eigenvalue weighted by molar-refractivity contribution is -0.294. The molecule has 0 saturated heterocycles. The van der Waals surface area contributed by atoms with Crippen LogP contribution in [0.1, 0.15) is 31.1 Å². The van der Waals surface area contributed by atoms with Crippen LogP contribution in [0.15, 0.2) is 0 Å². The first-order chi connectivity index (χ1) is 9.14. The van der Waals surface area contributed by atoms with Gasteiger partial charge in [0.15, 0.2) is 0 Å². The van der Waals surface area contributed by atoms with E-state index in [9.17, 15) is 26.7 Å². The van der Waals surface area contributed by atoms with Crippen molar-refractivity contribution in [2.24, 2.45) is 5.92 Å². The van der Waals surface area contributed by atoms with Crippen molar-refractivity contribution in [3.63, 3.8) is 0 Å². The maximum atomic E-state index is 13.3. The number of nitrogens with zero attached hydrogens (tertiary/aromatic N) is 4. The Balaban J connectivity index is 2.38. The Bertz CT molecular complexity index is 511. The molecule has 1 heterocycles. The molecule has 6 nitrogen and oxygen atoms in total. The minimum Gasteiger partial charge on any atom is -0.481 e. The van der Waals surface area contributed by atoms with Crippen LogP contribution < -0.4 is 0 Å². The molecule has 112 valence electrons. The van der Waals surface area contributed by atoms with Crippen molar-refractivity contribution in [3.05, 3.63) is 5.82 Å². The lowest BCUT2D eigenvalue weighted by Gasteiger charge is -2.22. The van der Waals surface area contributed by atoms with Crippen molar-refractivity contribution in [2.45, 2.75) is 37.4 Å². The first-order valence-corrected chi connectivity index (χ1v) is 5.59. The van der Waals surface area contributed by atoms with Crippen LogP contribution in [0.5, 0.6) is 0 Å². The van der Waals surface area contributed by atoms with Crippen LogP contribution >= 0.6 is 0 Å². The molecule has 1 aliphatic carbocycles. The smallest absolute Gasteiger partial charge is 0.461 e. The molecular formula is C9H9F5N4O2. The van der Waals surface area contributed by atoms with Gasteiger partial charge >= 0.3 is 18.1 Å². The number of aliphatic carboxylic acids is 1. The van der Waals surface area contributed by atoms with Crippen LogP contribution in [0, 0.1) is 5.92 Å². The molecule has 1 aliphatic rings. The molecule has 1 aromatic rings. The van der Waals surface area contributed by atoms with Gasteiger partial charge in [0, 0.05) is 0 Å². The second-order valence-electron chi connectivity index (χ2n) is 4.52. The van der Waals surface area contributed by atoms with Gasteiger partial charge in [-0.1, -0.05) is 0 Å². The van der Waals surface area contributed by atoms with E-state index < -0.39 is 36.4 Å². The Morgan fingerprint density at radius 3 is 2.40 bits per heavy atom. The van der Waals surface area contributed by atoms with E-state index >= 15 is 0 Å². The number of rotatable bonds is 5. The first-order valence-electron chi connectivity index (χ1n) is 5.59. The molecule has 0 aliphatic heterocycles. The Morgan fingerprint density at radius 1 is 1.35 bits per heavy atom. The highest BCUT2D eigenvalue weighted by molar-refractivity contribution is 5.67. The van der Waals surface area contributed by atoms with E-state index in [1.54, 1.807) is 0 Å². The topological polar surface area (TPSA) is 80.9 Å². The fourth-order valence-corrected chi connectivity index (χ4v) is 1.86. The van der Waals surface area contributed by atoms with Crippen molar-refractivity contribution in [1.82, 2.24) is 20.2 Å². The summed E-state index contributed by atoms with van der Waals surface area (Å²) in [5.41, 5.74) is 0. The zero-order valence-electron chi connectivity index (χ0n) is 9.81. The molecule has 20 heavy (non-hydrogen) atoms. The lowest BCUT2D eigenvalue weighted by Crippen LogP contribution is -2.38. The molecular weight excluding hydrogens is 291 g/mol. The summed E-state index contributed by atoms with van der Waals surface area (Å²) in [4.78, 5) is 10.7. The molecule has 0 radical (unpaired) electrons. The summed E-state index contributed by atoms with van der Waals surface area (Å²) >= 11 is 0. The lowest BCUT2D eigenvalue weighted by atomic mass is 10.1. The second-order valence-corrected chi connectivity index (χ2v) is 4.52. The molecule has 11 heteroatoms. The third kappa shape index (κ3) is 2.56. The third-order valence-corrected chi connectivity index (χ3v) is 2.99. The SMILES string of the molecule is O=C(O)CC(C1CC1)n1nnnc1C(F)(F)C(F)(F)F. The second kappa shape index (κ2) is 4.63. The number of carbonyl (C=O) groups is 1. The Labute approximate surface area is 108 Å². The highest BCUT2D eigenvalue weighted by atomic mass is 19.4. The summed E-state index contributed by atoms with van der Waals surface area (Å²) in [6.07, 6.45) is -5.39. The minimum absolute atomic E-state index is 0.291. The van der Waals surface area contributed by atoms with Crippen molar-refractivity contribution < 1.29 is 31.9 Å². The Morgan fingerprint density at radius 2 is 1.95 bits per heavy atom. The molecule has 1 saturated carbocycles. The van der Waals surface area contributed by atoms with Crippen LogP contribution in [-0.4, -0.2) is 37.5 Å². The van der Waals surface area contributed by atoms with Gasteiger partial charge in [0.2, 0.25) is 5.82 Å². The van der Waals surface area contributed by atoms with Crippen molar-refractivity contribution in [1.29, 1.82) is 0 Å². The summed E-state index contributed by atoms with van der Waals surface area (Å²) in [5, 5.41) is 17.4. The van der Waals surface area contributed by atoms with E-state index in [2.05, 4.69) is 15.5 Å². The predicted molar refractivity (Wildman–Crippen MR) is 51.8 cm³/mol. The van der Waals surface area contributed by atoms with E-state index in [1.165, 1.54) is 0 Å². The van der Waals surface area contributed by atoms with Gasteiger partial charge in [-0.25, -0.2) is 4.68 Å². The number of hydrogen-bond acceptors (Lipinski definition) is 4. The number of halogens is 5. The Kier molecular flexibility index (Phi) is 3.38. The fraction of sp³-hybridized carbons (Fsp3) is 0.778. The van der Waals surface area contributed by atoms with Crippen LogP contribution in [-0.2, 0) is 10.7 Å². The van der Waals surface area contributed by atoms with E-state index in [0.717, 1.165) is 0 Å². The number of aromatic nitrogens is 4. The summed E-state index contributed by atoms with van der Waals surface area (Å²) in [6, 6.07) is -1.11. The molecule has 1 unspecified atom stereocenters. The number of carboxylic acid groups (broad SMARTS) is 1. The normalized spacial score (nSPS) is 18.1. The van der Waals surface area contributed by atoms with Crippen LogP contribution in [0.25, 0.3) is 0 Å². The van der Waals surface area contributed by atoms with Crippen LogP contribution in [0.4, 0.5) is 22.0 Å². The molecule has 2 rings (SSSR count). The summed E-state index contributed by atoms with van der Waals surface area (Å²) in [6.45, 7) is 0. The number of hydrogen-bond donors (Lipinski definition) is 1. The van der Waals surface area contributed by atoms with Gasteiger partial charge in [-0.2, -0.15) is 22.0 Å². The molecule has 0 amide bonds. The van der Waals surface area contributed by atoms with E-state index in [1.807, 2.05) is 0 Å². The van der Waals surface area contributed by atoms with Crippen molar-refractivity contribution in [2.75, 3.05) is 0 Å². The molecule has 1 atom stereocenters. The summed E-state index contributed by atoms with van der Waals surface area (Å²) < 4.78 is 63.9. The number of carboxylic acids is 1. The van der Waals surface area contributed by atoms with E-state index in [0.29, 0.717) is 17.5 Å². The van der Waals surface area contributed by atoms with Crippen molar-refractivity contribution in [3.8, 4) is 0 Å². The first kappa shape index (κ1) is 14.6. The standard InChI is InChI=1S/C9H9F5N4O2/c10-8(11,9(12,13)14)7-15-16-17-18(7)5(3-6(19)20)4-1-2-4/h4-5H,1-3H2,(H,19,20). The number of tetrazole rings is 1. The van der Waals surface area contributed by atoms with Gasteiger partial charge in [0.25, 0.3) is 0 Å². The van der Waals surface area contributed by atoms with E-state index in [-0.39, 0.29) is 5.92 Å². The van der Waals surface area contributed by atoms with Gasteiger partial charge in [-0.15, -0.1) is 5.10 Å². The molecule has 1 aromatic heterocycles. The number of alkyl halides is 5. The van der Waals surface area contributed by atoms with E-state index in [4.69, 9.17) is 5.11 Å². The van der Waals surface area contributed by atoms with Crippen LogP contribution in [0.2, 0.25) is 0 Å². The van der Waals surface area contributed by atoms with Gasteiger partial charge in [-0.3, -0.25) is 4.79 Å². The maximum absolute atomic E-state index is 13.3. The van der Waals surface area contributed by atoms with Gasteiger partial charge in [-0.05, 0) is 29.2 Å². The molecule has 1 N–H and O–H groups in total. The zero-order chi connectivity index (χ0) is 15.1. The molecule has 0 aromatic carbocycles. The average Bonchev–Trinajstić information content (AvgIpc) is 3.00. The summed E-state index contributed by atoms with van der Waals surface area (Å²) in [5.74, 6) is -8.54. The maximum Gasteiger partial charge on any atom is 0.461 e. The average molecular weight is 300 g/mol. The molecule has 0 bridgehead atoms. The quantitative estimate of drug-likeness (QED) is 0.838. The van der Waals surface area contributed by atoms with Gasteiger partial charge < -0.3 is 5.11 Å². The molecule has 0 spiro atoms. The highest BCUT2D eigenvalue weighted by Gasteiger charge is 2.63. The molecule has 1 fully saturated rings. The monoisotopic (exact) mass is 300 g/mol. The van der Waals surface area contributed by atoms with Gasteiger partial charge in [0.1, 0.15) is 0 Å². The zero-order valence-corrected chi connectivity index (χ0v) is 9.81. The summed E-state index contributed by atoms with van der Waals surface area (Å²) in [7, 11) is 0. The fourth-order valence-electron chi connectivity index (χ4n) is 1.86. The largest absolute Gasteiger partial charge is 0.481 e. The van der Waals surface area contributed by atoms with Crippen LogP contribution in [0.3, 0.4) is 0 Å². The Hall–Kier alpha value is -1.81. The van der Waals surface area contributed by atoms with Gasteiger partial charge in [0.05, 0.1) is 12.5 Å². The minimum atomic E-state index is -5.85. The third-order valence-electron chi connectivity index (χ3n) is 2.99.